The van der Waals surface area contributed by atoms with Gasteiger partial charge in [-0.2, -0.15) is 4.58 Å². The predicted octanol–water partition coefficient (Wildman–Crippen LogP) is 5.71. The van der Waals surface area contributed by atoms with Gasteiger partial charge in [0, 0.05) is 50.4 Å². The molecule has 2 aliphatic heterocycles. The molecule has 4 heterocycles. The number of para-hydroxylation sites is 2. The molecule has 0 saturated heterocycles. The van der Waals surface area contributed by atoms with Crippen LogP contribution in [0.4, 0.5) is 11.4 Å². The summed E-state index contributed by atoms with van der Waals surface area (Å²) in [4.78, 5) is 1.37. The number of nitrogens with zero attached hydrogens (tertiary/aromatic N) is 2. The maximum Gasteiger partial charge on any atom is 1.00 e. The fourth-order valence-corrected chi connectivity index (χ4v) is 9.22. The molecule has 0 bridgehead atoms. The van der Waals surface area contributed by atoms with E-state index in [0.29, 0.717) is 57.1 Å². The fraction of sp³-hybridized carbons (Fsp3) is 0.214. The predicted molar refractivity (Wildman–Crippen MR) is 208 cm³/mol. The van der Waals surface area contributed by atoms with Crippen LogP contribution in [0.15, 0.2) is 128 Å². The molecule has 0 spiro atoms. The molecule has 0 N–H and O–H groups in total. The normalized spacial score (nSPS) is 17.2. The van der Waals surface area contributed by atoms with Crippen LogP contribution >= 0.6 is 0 Å². The minimum atomic E-state index is -5.13. The van der Waals surface area contributed by atoms with Crippen molar-refractivity contribution in [3.63, 3.8) is 0 Å². The summed E-state index contributed by atoms with van der Waals surface area (Å²) in [6, 6.07) is 22.6. The van der Waals surface area contributed by atoms with Crippen molar-refractivity contribution in [1.29, 1.82) is 0 Å². The third kappa shape index (κ3) is 6.28. The van der Waals surface area contributed by atoms with Gasteiger partial charge in [-0.3, -0.25) is 4.90 Å². The van der Waals surface area contributed by atoms with Gasteiger partial charge in [0.25, 0.3) is 0 Å². The van der Waals surface area contributed by atoms with Gasteiger partial charge in [0.2, 0.25) is 11.6 Å². The third-order valence-corrected chi connectivity index (χ3v) is 12.0. The Bertz CT molecular complexity index is 3060. The number of furan rings is 2. The average molecular weight is 783 g/mol. The van der Waals surface area contributed by atoms with Gasteiger partial charge in [0.05, 0.1) is 17.2 Å². The zero-order chi connectivity index (χ0) is 38.5. The summed E-state index contributed by atoms with van der Waals surface area (Å²) >= 11 is 0. The van der Waals surface area contributed by atoms with Gasteiger partial charge in [-0.15, -0.1) is 0 Å². The molecule has 0 saturated carbocycles. The second-order valence-corrected chi connectivity index (χ2v) is 17.3. The summed E-state index contributed by atoms with van der Waals surface area (Å²) < 4.78 is 89.9. The van der Waals surface area contributed by atoms with E-state index in [1.165, 1.54) is 9.48 Å². The first kappa shape index (κ1) is 38.8. The van der Waals surface area contributed by atoms with Gasteiger partial charge in [-0.25, -0.2) is 16.8 Å². The standard InChI is InChI=1S/C42H36N2O8S2.Na/c1-7-13-40(54(48,49)50)44-33-23-37-29(27-15-10-12-17-35(27)52-37)21-31(33)42(5,6)39(44)19-25(8-2)18-38-41(3,4)30-20-28-26-14-9-11-16-34(26)51-36(28)22-32(30)43(38)24-53(45,46)47;/h9-12,14-23H,1,8,24H2,2-6H3,(H-,45,46,47,48,49,50);/q;+1/p-1. The third-order valence-electron chi connectivity index (χ3n) is 10.7. The van der Waals surface area contributed by atoms with Gasteiger partial charge < -0.3 is 17.9 Å². The summed E-state index contributed by atoms with van der Waals surface area (Å²) in [6.07, 6.45) is 4.07. The molecule has 0 fully saturated rings. The molecular weight excluding hydrogens is 748 g/mol. The molecule has 0 atom stereocenters. The van der Waals surface area contributed by atoms with Crippen molar-refractivity contribution in [3.05, 3.63) is 130 Å². The molecule has 55 heavy (non-hydrogen) atoms. The molecule has 13 heteroatoms. The van der Waals surface area contributed by atoms with E-state index in [4.69, 9.17) is 8.83 Å². The van der Waals surface area contributed by atoms with E-state index in [9.17, 15) is 25.9 Å². The number of benzene rings is 4. The van der Waals surface area contributed by atoms with Crippen LogP contribution in [0.2, 0.25) is 0 Å². The Kier molecular flexibility index (Phi) is 9.42. The van der Waals surface area contributed by atoms with Crippen LogP contribution in [-0.2, 0) is 31.1 Å². The molecule has 0 amide bonds. The Morgan fingerprint density at radius 2 is 1.38 bits per heavy atom. The van der Waals surface area contributed by atoms with Crippen LogP contribution in [0.25, 0.3) is 43.9 Å². The first-order chi connectivity index (χ1) is 25.4. The molecule has 10 nitrogen and oxygen atoms in total. The van der Waals surface area contributed by atoms with Crippen molar-refractivity contribution in [2.24, 2.45) is 0 Å². The molecule has 2 aliphatic rings. The van der Waals surface area contributed by atoms with Crippen LogP contribution in [0.1, 0.15) is 52.2 Å². The summed E-state index contributed by atoms with van der Waals surface area (Å²) in [6.45, 7) is 13.2. The van der Waals surface area contributed by atoms with Crippen molar-refractivity contribution in [2.75, 3.05) is 10.8 Å². The van der Waals surface area contributed by atoms with E-state index in [0.717, 1.165) is 32.7 Å². The number of rotatable bonds is 7. The number of allylic oxidation sites excluding steroid dienone is 4. The van der Waals surface area contributed by atoms with Crippen LogP contribution in [0.5, 0.6) is 0 Å². The molecule has 274 valence electrons. The first-order valence-electron chi connectivity index (χ1n) is 17.3. The van der Waals surface area contributed by atoms with Crippen molar-refractivity contribution in [3.8, 4) is 0 Å². The summed E-state index contributed by atoms with van der Waals surface area (Å²) in [5.74, 6) is -0.823. The second kappa shape index (κ2) is 13.3. The van der Waals surface area contributed by atoms with Crippen LogP contribution in [0, 0.1) is 0 Å². The molecule has 0 aliphatic carbocycles. The maximum atomic E-state index is 12.9. The average Bonchev–Trinajstić information content (AvgIpc) is 3.77. The zero-order valence-corrected chi connectivity index (χ0v) is 34.8. The fourth-order valence-electron chi connectivity index (χ4n) is 8.01. The zero-order valence-electron chi connectivity index (χ0n) is 31.2. The SMILES string of the molecule is C=C=C=C(N1C(=CC(=CC2=[N+](CS(=O)(=O)[O-])c3cc4oc5ccccc5c4cc3C2(C)C)CC)C(C)(C)c2cc3c(cc21)oc1ccccc13)S(=O)(=O)[O-].[Na+]. The monoisotopic (exact) mass is 782 g/mol. The number of fused-ring (bicyclic) bond motifs is 8. The van der Waals surface area contributed by atoms with E-state index in [1.807, 2.05) is 107 Å². The van der Waals surface area contributed by atoms with E-state index in [-0.39, 0.29) is 29.6 Å². The van der Waals surface area contributed by atoms with E-state index < -0.39 is 42.0 Å². The number of hydrogen-bond donors (Lipinski definition) is 0. The molecule has 6 aromatic rings. The molecule has 2 aromatic heterocycles. The second-order valence-electron chi connectivity index (χ2n) is 14.7. The van der Waals surface area contributed by atoms with Gasteiger partial charge in [0.15, 0.2) is 20.9 Å². The number of anilines is 1. The summed E-state index contributed by atoms with van der Waals surface area (Å²) in [7, 11) is -9.89. The Labute approximate surface area is 340 Å². The first-order valence-corrected chi connectivity index (χ1v) is 20.3. The van der Waals surface area contributed by atoms with E-state index >= 15 is 0 Å². The van der Waals surface area contributed by atoms with Crippen LogP contribution in [0.3, 0.4) is 0 Å². The Hall–Kier alpha value is -4.45. The largest absolute Gasteiger partial charge is 1.00 e. The molecule has 8 rings (SSSR count). The smallest absolute Gasteiger partial charge is 0.743 e. The minimum absolute atomic E-state index is 0. The van der Waals surface area contributed by atoms with Crippen molar-refractivity contribution in [2.45, 2.75) is 51.9 Å². The molecule has 4 aromatic carbocycles. The molecule has 0 unspecified atom stereocenters. The van der Waals surface area contributed by atoms with Crippen molar-refractivity contribution < 1.29 is 68.9 Å². The molecule has 0 radical (unpaired) electrons. The van der Waals surface area contributed by atoms with Crippen LogP contribution in [-0.4, -0.2) is 42.1 Å². The summed E-state index contributed by atoms with van der Waals surface area (Å²) in [5, 5.41) is 2.80. The molecular formula is C42H35N2NaO8S2. The number of hydrogen-bond acceptors (Lipinski definition) is 9. The topological polar surface area (TPSA) is 147 Å². The van der Waals surface area contributed by atoms with Crippen molar-refractivity contribution in [1.82, 2.24) is 0 Å². The van der Waals surface area contributed by atoms with E-state index in [2.05, 4.69) is 18.0 Å². The van der Waals surface area contributed by atoms with Gasteiger partial charge in [-0.05, 0) is 74.1 Å². The van der Waals surface area contributed by atoms with Gasteiger partial charge in [0.1, 0.15) is 32.5 Å². The Morgan fingerprint density at radius 1 is 0.818 bits per heavy atom. The van der Waals surface area contributed by atoms with E-state index in [1.54, 1.807) is 12.1 Å². The summed E-state index contributed by atoms with van der Waals surface area (Å²) in [5.41, 5.74) is 9.71. The van der Waals surface area contributed by atoms with Gasteiger partial charge >= 0.3 is 29.6 Å². The Balaban J connectivity index is 0.00000465. The van der Waals surface area contributed by atoms with Crippen LogP contribution < -0.4 is 34.5 Å². The Morgan fingerprint density at radius 3 is 1.93 bits per heavy atom. The maximum absolute atomic E-state index is 12.9. The minimum Gasteiger partial charge on any atom is -0.743 e. The quantitative estimate of drug-likeness (QED) is 0.0860. The van der Waals surface area contributed by atoms with Crippen molar-refractivity contribution >= 4 is 81.2 Å². The van der Waals surface area contributed by atoms with Gasteiger partial charge in [-0.1, -0.05) is 62.9 Å².